The third kappa shape index (κ3) is 6.09. The van der Waals surface area contributed by atoms with Crippen LogP contribution in [0.1, 0.15) is 61.3 Å². The van der Waals surface area contributed by atoms with Crippen LogP contribution in [-0.2, 0) is 19.8 Å². The largest absolute Gasteiger partial charge is 0.493 e. The van der Waals surface area contributed by atoms with Crippen LogP contribution < -0.4 is 15.7 Å². The molecule has 0 saturated heterocycles. The zero-order valence-corrected chi connectivity index (χ0v) is 22.6. The average Bonchev–Trinajstić information content (AvgIpc) is 3.64. The first-order valence-electron chi connectivity index (χ1n) is 12.2. The van der Waals surface area contributed by atoms with Crippen LogP contribution in [0.3, 0.4) is 0 Å². The standard InChI is InChI=1S/C25H28Cl2F3N5O3/c1-13-10-20(35(2)3)33-23(31-13)32-15-6-4-14(5-7-15)16-11-17(19(27)12-18(16)26)24(8-9-24)21(36)34-38-22(37)25(28,29)30/h10-12,14-15H,4-9H2,1-3H3,(H,34,36)(H,31,32,33). The highest BCUT2D eigenvalue weighted by molar-refractivity contribution is 6.36. The number of rotatable bonds is 6. The van der Waals surface area contributed by atoms with Crippen molar-refractivity contribution in [2.75, 3.05) is 24.3 Å². The molecule has 38 heavy (non-hydrogen) atoms. The van der Waals surface area contributed by atoms with Crippen LogP contribution in [0.15, 0.2) is 18.2 Å². The number of aromatic nitrogens is 2. The van der Waals surface area contributed by atoms with E-state index in [9.17, 15) is 22.8 Å². The van der Waals surface area contributed by atoms with Crippen molar-refractivity contribution < 1.29 is 27.6 Å². The summed E-state index contributed by atoms with van der Waals surface area (Å²) in [6.07, 6.45) is -1.21. The maximum atomic E-state index is 12.7. The number of halogens is 5. The lowest BCUT2D eigenvalue weighted by Crippen LogP contribution is -2.40. The van der Waals surface area contributed by atoms with E-state index in [1.165, 1.54) is 0 Å². The van der Waals surface area contributed by atoms with Crippen LogP contribution >= 0.6 is 23.2 Å². The zero-order valence-electron chi connectivity index (χ0n) is 21.1. The van der Waals surface area contributed by atoms with Gasteiger partial charge in [-0.15, -0.1) is 0 Å². The fraction of sp³-hybridized carbons (Fsp3) is 0.520. The van der Waals surface area contributed by atoms with Gasteiger partial charge >= 0.3 is 12.1 Å². The van der Waals surface area contributed by atoms with Gasteiger partial charge in [-0.25, -0.2) is 9.78 Å². The molecule has 2 N–H and O–H groups in total. The average molecular weight is 574 g/mol. The number of amides is 1. The summed E-state index contributed by atoms with van der Waals surface area (Å²) in [6, 6.07) is 5.43. The smallest absolute Gasteiger partial charge is 0.363 e. The quantitative estimate of drug-likeness (QED) is 0.442. The second kappa shape index (κ2) is 10.8. The van der Waals surface area contributed by atoms with Gasteiger partial charge in [0.15, 0.2) is 0 Å². The van der Waals surface area contributed by atoms with Gasteiger partial charge in [0.25, 0.3) is 5.91 Å². The number of nitrogens with zero attached hydrogens (tertiary/aromatic N) is 3. The van der Waals surface area contributed by atoms with Gasteiger partial charge in [0, 0.05) is 41.9 Å². The number of aryl methyl sites for hydroxylation is 1. The van der Waals surface area contributed by atoms with Gasteiger partial charge in [-0.05, 0) is 68.6 Å². The molecule has 4 rings (SSSR count). The molecule has 0 radical (unpaired) electrons. The Hall–Kier alpha value is -2.79. The highest BCUT2D eigenvalue weighted by Gasteiger charge is 2.54. The van der Waals surface area contributed by atoms with Crippen molar-refractivity contribution in [1.82, 2.24) is 15.4 Å². The summed E-state index contributed by atoms with van der Waals surface area (Å²) in [4.78, 5) is 38.7. The lowest BCUT2D eigenvalue weighted by Gasteiger charge is -2.31. The molecular formula is C25H28Cl2F3N5O3. The van der Waals surface area contributed by atoms with Crippen LogP contribution in [0, 0.1) is 6.92 Å². The number of hydrogen-bond acceptors (Lipinski definition) is 7. The Bertz CT molecular complexity index is 1230. The molecular weight excluding hydrogens is 546 g/mol. The third-order valence-electron chi connectivity index (χ3n) is 7.05. The SMILES string of the molecule is Cc1cc(N(C)C)nc(NC2CCC(c3cc(C4(C(=O)NOC(=O)C(F)(F)F)CC4)c(Cl)cc3Cl)CC2)n1. The van der Waals surface area contributed by atoms with Gasteiger partial charge in [0.2, 0.25) is 5.95 Å². The van der Waals surface area contributed by atoms with Gasteiger partial charge in [-0.2, -0.15) is 23.6 Å². The van der Waals surface area contributed by atoms with Crippen LogP contribution in [0.4, 0.5) is 24.9 Å². The van der Waals surface area contributed by atoms with Gasteiger partial charge in [0.05, 0.1) is 5.41 Å². The summed E-state index contributed by atoms with van der Waals surface area (Å²) in [5.41, 5.74) is 2.64. The maximum Gasteiger partial charge on any atom is 0.493 e. The molecule has 0 aliphatic heterocycles. The molecule has 0 bridgehead atoms. The molecule has 2 aliphatic rings. The van der Waals surface area contributed by atoms with Crippen molar-refractivity contribution in [2.24, 2.45) is 0 Å². The zero-order chi connectivity index (χ0) is 27.8. The Balaban J connectivity index is 1.44. The van der Waals surface area contributed by atoms with Crippen molar-refractivity contribution >= 4 is 46.8 Å². The topological polar surface area (TPSA) is 96.5 Å². The molecule has 1 heterocycles. The molecule has 206 valence electrons. The van der Waals surface area contributed by atoms with Crippen molar-refractivity contribution in [3.05, 3.63) is 45.1 Å². The molecule has 1 aromatic heterocycles. The monoisotopic (exact) mass is 573 g/mol. The number of hydrogen-bond donors (Lipinski definition) is 2. The minimum Gasteiger partial charge on any atom is -0.363 e. The maximum absolute atomic E-state index is 12.7. The Morgan fingerprint density at radius 2 is 1.71 bits per heavy atom. The first kappa shape index (κ1) is 28.2. The Labute approximate surface area is 228 Å². The number of benzene rings is 1. The summed E-state index contributed by atoms with van der Waals surface area (Å²) < 4.78 is 37.3. The summed E-state index contributed by atoms with van der Waals surface area (Å²) in [6.45, 7) is 1.92. The van der Waals surface area contributed by atoms with Gasteiger partial charge < -0.3 is 15.1 Å². The summed E-state index contributed by atoms with van der Waals surface area (Å²) in [7, 11) is 3.84. The van der Waals surface area contributed by atoms with E-state index >= 15 is 0 Å². The van der Waals surface area contributed by atoms with E-state index in [1.807, 2.05) is 32.0 Å². The first-order chi connectivity index (χ1) is 17.8. The molecule has 2 fully saturated rings. The predicted octanol–water partition coefficient (Wildman–Crippen LogP) is 5.46. The Morgan fingerprint density at radius 3 is 2.29 bits per heavy atom. The van der Waals surface area contributed by atoms with Gasteiger partial charge in [0.1, 0.15) is 5.82 Å². The van der Waals surface area contributed by atoms with E-state index in [0.717, 1.165) is 42.8 Å². The summed E-state index contributed by atoms with van der Waals surface area (Å²) >= 11 is 13.0. The molecule has 8 nitrogen and oxygen atoms in total. The minimum absolute atomic E-state index is 0.106. The van der Waals surface area contributed by atoms with E-state index in [2.05, 4.69) is 20.1 Å². The van der Waals surface area contributed by atoms with E-state index in [1.54, 1.807) is 17.6 Å². The highest BCUT2D eigenvalue weighted by atomic mass is 35.5. The lowest BCUT2D eigenvalue weighted by atomic mass is 9.80. The van der Waals surface area contributed by atoms with Crippen molar-refractivity contribution in [1.29, 1.82) is 0 Å². The van der Waals surface area contributed by atoms with Crippen molar-refractivity contribution in [3.8, 4) is 0 Å². The third-order valence-corrected chi connectivity index (χ3v) is 7.69. The number of alkyl halides is 3. The molecule has 0 atom stereocenters. The van der Waals surface area contributed by atoms with E-state index in [-0.39, 0.29) is 17.0 Å². The van der Waals surface area contributed by atoms with E-state index in [0.29, 0.717) is 29.4 Å². The lowest BCUT2D eigenvalue weighted by molar-refractivity contribution is -0.207. The second-order valence-electron chi connectivity index (χ2n) is 10.0. The summed E-state index contributed by atoms with van der Waals surface area (Å²) in [5, 5.41) is 4.13. The van der Waals surface area contributed by atoms with Crippen LogP contribution in [0.25, 0.3) is 0 Å². The van der Waals surface area contributed by atoms with E-state index in [4.69, 9.17) is 23.2 Å². The fourth-order valence-corrected chi connectivity index (χ4v) is 5.53. The number of nitrogens with one attached hydrogen (secondary N) is 2. The second-order valence-corrected chi connectivity index (χ2v) is 10.8. The number of carbonyl (C=O) groups is 2. The highest BCUT2D eigenvalue weighted by Crippen LogP contribution is 2.52. The molecule has 0 unspecified atom stereocenters. The molecule has 1 amide bonds. The van der Waals surface area contributed by atoms with Gasteiger partial charge in [-0.3, -0.25) is 4.79 Å². The van der Waals surface area contributed by atoms with Crippen LogP contribution in [0.2, 0.25) is 10.0 Å². The fourth-order valence-electron chi connectivity index (χ4n) is 4.81. The van der Waals surface area contributed by atoms with Gasteiger partial charge in [-0.1, -0.05) is 29.3 Å². The normalized spacial score (nSPS) is 20.4. The molecule has 2 aromatic rings. The van der Waals surface area contributed by atoms with Crippen LogP contribution in [0.5, 0.6) is 0 Å². The number of anilines is 2. The van der Waals surface area contributed by atoms with Crippen LogP contribution in [-0.4, -0.2) is 48.2 Å². The molecule has 2 saturated carbocycles. The minimum atomic E-state index is -5.22. The molecule has 0 spiro atoms. The molecule has 1 aromatic carbocycles. The first-order valence-corrected chi connectivity index (χ1v) is 12.9. The number of hydroxylamine groups is 1. The molecule has 2 aliphatic carbocycles. The number of carbonyl (C=O) groups excluding carboxylic acids is 2. The van der Waals surface area contributed by atoms with Crippen molar-refractivity contribution in [3.63, 3.8) is 0 Å². The summed E-state index contributed by atoms with van der Waals surface area (Å²) in [5.74, 6) is -1.84. The molecule has 13 heteroatoms. The van der Waals surface area contributed by atoms with Crippen molar-refractivity contribution in [2.45, 2.75) is 69.0 Å². The predicted molar refractivity (Wildman–Crippen MR) is 137 cm³/mol. The Morgan fingerprint density at radius 1 is 1.05 bits per heavy atom. The Kier molecular flexibility index (Phi) is 7.99. The van der Waals surface area contributed by atoms with E-state index < -0.39 is 23.5 Å².